The number of aromatic nitrogens is 4. The zero-order valence-corrected chi connectivity index (χ0v) is 15.0. The number of rotatable bonds is 4. The fraction of sp³-hybridized carbons (Fsp3) is 0.100. The minimum absolute atomic E-state index is 0.160. The number of anilines is 2. The molecule has 0 saturated carbocycles. The molecule has 4 heterocycles. The maximum atomic E-state index is 6.02. The van der Waals surface area contributed by atoms with E-state index in [0.29, 0.717) is 22.8 Å². The molecule has 0 atom stereocenters. The number of nitrogens with zero attached hydrogens (tertiary/aromatic N) is 5. The number of furan rings is 1. The molecular formula is C20H18N6O. The molecule has 0 unspecified atom stereocenters. The van der Waals surface area contributed by atoms with E-state index >= 15 is 0 Å². The fourth-order valence-corrected chi connectivity index (χ4v) is 2.85. The van der Waals surface area contributed by atoms with Crippen LogP contribution >= 0.6 is 0 Å². The highest BCUT2D eigenvalue weighted by molar-refractivity contribution is 5.90. The zero-order valence-electron chi connectivity index (χ0n) is 15.0. The Morgan fingerprint density at radius 1 is 0.926 bits per heavy atom. The molecule has 7 nitrogen and oxygen atoms in total. The van der Waals surface area contributed by atoms with Crippen molar-refractivity contribution < 1.29 is 4.42 Å². The highest BCUT2D eigenvalue weighted by atomic mass is 16.3. The van der Waals surface area contributed by atoms with Crippen molar-refractivity contribution in [1.82, 2.24) is 19.9 Å². The van der Waals surface area contributed by atoms with Gasteiger partial charge in [-0.1, -0.05) is 6.07 Å². The molecule has 4 rings (SSSR count). The van der Waals surface area contributed by atoms with Gasteiger partial charge in [-0.3, -0.25) is 4.98 Å². The molecule has 0 aromatic carbocycles. The maximum absolute atomic E-state index is 6.02. The van der Waals surface area contributed by atoms with Gasteiger partial charge < -0.3 is 15.1 Å². The van der Waals surface area contributed by atoms with Crippen molar-refractivity contribution in [2.45, 2.75) is 0 Å². The summed E-state index contributed by atoms with van der Waals surface area (Å²) in [5, 5.41) is 0. The first kappa shape index (κ1) is 16.7. The van der Waals surface area contributed by atoms with E-state index in [-0.39, 0.29) is 5.95 Å². The SMILES string of the molecule is CN(C)c1cc(-c2c(-c3ccccn3)nc(N)nc2-c2ccco2)ccn1. The molecule has 134 valence electrons. The average Bonchev–Trinajstić information content (AvgIpc) is 3.23. The predicted molar refractivity (Wildman–Crippen MR) is 105 cm³/mol. The van der Waals surface area contributed by atoms with Gasteiger partial charge in [0.1, 0.15) is 17.2 Å². The molecule has 27 heavy (non-hydrogen) atoms. The van der Waals surface area contributed by atoms with Crippen LogP contribution < -0.4 is 10.6 Å². The van der Waals surface area contributed by atoms with Crippen molar-refractivity contribution in [2.75, 3.05) is 24.7 Å². The van der Waals surface area contributed by atoms with Crippen molar-refractivity contribution in [2.24, 2.45) is 0 Å². The molecule has 2 N–H and O–H groups in total. The standard InChI is InChI=1S/C20H18N6O/c1-26(2)16-12-13(8-10-23-16)17-18(14-6-3-4-9-22-14)24-20(21)25-19(17)15-7-5-11-27-15/h3-12H,1-2H3,(H2,21,24,25). The van der Waals surface area contributed by atoms with Crippen LogP contribution in [0.15, 0.2) is 65.5 Å². The van der Waals surface area contributed by atoms with Crippen LogP contribution in [-0.2, 0) is 0 Å². The van der Waals surface area contributed by atoms with Gasteiger partial charge in [-0.15, -0.1) is 0 Å². The van der Waals surface area contributed by atoms with Gasteiger partial charge >= 0.3 is 0 Å². The van der Waals surface area contributed by atoms with Gasteiger partial charge in [0.2, 0.25) is 5.95 Å². The molecule has 4 aromatic rings. The van der Waals surface area contributed by atoms with Gasteiger partial charge in [-0.25, -0.2) is 15.0 Å². The molecule has 0 fully saturated rings. The first-order chi connectivity index (χ1) is 13.1. The lowest BCUT2D eigenvalue weighted by Gasteiger charge is -2.16. The molecular weight excluding hydrogens is 340 g/mol. The van der Waals surface area contributed by atoms with Gasteiger partial charge in [-0.2, -0.15) is 0 Å². The molecule has 0 spiro atoms. The number of hydrogen-bond donors (Lipinski definition) is 1. The van der Waals surface area contributed by atoms with Crippen LogP contribution in [0.1, 0.15) is 0 Å². The van der Waals surface area contributed by atoms with Crippen molar-refractivity contribution in [3.05, 3.63) is 61.1 Å². The second-order valence-corrected chi connectivity index (χ2v) is 6.14. The summed E-state index contributed by atoms with van der Waals surface area (Å²) in [6.45, 7) is 0. The largest absolute Gasteiger partial charge is 0.463 e. The maximum Gasteiger partial charge on any atom is 0.221 e. The molecule has 4 aromatic heterocycles. The van der Waals surface area contributed by atoms with Crippen LogP contribution in [0.3, 0.4) is 0 Å². The summed E-state index contributed by atoms with van der Waals surface area (Å²) in [6, 6.07) is 13.2. The Labute approximate surface area is 156 Å². The van der Waals surface area contributed by atoms with Crippen LogP contribution in [-0.4, -0.2) is 34.0 Å². The van der Waals surface area contributed by atoms with Crippen LogP contribution in [0.25, 0.3) is 34.0 Å². The Morgan fingerprint density at radius 3 is 2.48 bits per heavy atom. The molecule has 0 radical (unpaired) electrons. The first-order valence-electron chi connectivity index (χ1n) is 8.40. The lowest BCUT2D eigenvalue weighted by Crippen LogP contribution is -2.10. The smallest absolute Gasteiger partial charge is 0.221 e. The highest BCUT2D eigenvalue weighted by Crippen LogP contribution is 2.38. The Bertz CT molecular complexity index is 1060. The Morgan fingerprint density at radius 2 is 1.78 bits per heavy atom. The Hall–Kier alpha value is -3.74. The number of nitrogen functional groups attached to an aromatic ring is 1. The minimum Gasteiger partial charge on any atom is -0.463 e. The average molecular weight is 358 g/mol. The number of pyridine rings is 2. The van der Waals surface area contributed by atoms with Crippen LogP contribution in [0, 0.1) is 0 Å². The molecule has 0 bridgehead atoms. The summed E-state index contributed by atoms with van der Waals surface area (Å²) in [7, 11) is 3.89. The van der Waals surface area contributed by atoms with E-state index < -0.39 is 0 Å². The summed E-state index contributed by atoms with van der Waals surface area (Å²) >= 11 is 0. The molecule has 0 amide bonds. The van der Waals surface area contributed by atoms with Gasteiger partial charge in [0, 0.05) is 32.1 Å². The Balaban J connectivity index is 2.04. The number of hydrogen-bond acceptors (Lipinski definition) is 7. The molecule has 7 heteroatoms. The van der Waals surface area contributed by atoms with Gasteiger partial charge in [0.15, 0.2) is 5.76 Å². The molecule has 0 aliphatic heterocycles. The topological polar surface area (TPSA) is 94.0 Å². The lowest BCUT2D eigenvalue weighted by molar-refractivity contribution is 0.580. The van der Waals surface area contributed by atoms with Crippen LogP contribution in [0.2, 0.25) is 0 Å². The minimum atomic E-state index is 0.160. The van der Waals surface area contributed by atoms with E-state index in [9.17, 15) is 0 Å². The summed E-state index contributed by atoms with van der Waals surface area (Å²) in [4.78, 5) is 19.7. The van der Waals surface area contributed by atoms with Gasteiger partial charge in [0.05, 0.1) is 12.0 Å². The Kier molecular flexibility index (Phi) is 4.25. The third-order valence-electron chi connectivity index (χ3n) is 4.08. The lowest BCUT2D eigenvalue weighted by atomic mass is 9.99. The predicted octanol–water partition coefficient (Wildman–Crippen LogP) is 3.51. The van der Waals surface area contributed by atoms with Crippen molar-refractivity contribution in [3.63, 3.8) is 0 Å². The van der Waals surface area contributed by atoms with E-state index in [2.05, 4.69) is 19.9 Å². The van der Waals surface area contributed by atoms with Crippen molar-refractivity contribution in [3.8, 4) is 34.0 Å². The van der Waals surface area contributed by atoms with E-state index in [0.717, 1.165) is 16.9 Å². The summed E-state index contributed by atoms with van der Waals surface area (Å²) in [5.41, 5.74) is 9.68. The molecule has 0 aliphatic rings. The van der Waals surface area contributed by atoms with Gasteiger partial charge in [-0.05, 0) is 42.0 Å². The van der Waals surface area contributed by atoms with E-state index in [1.165, 1.54) is 0 Å². The first-order valence-corrected chi connectivity index (χ1v) is 8.40. The monoisotopic (exact) mass is 358 g/mol. The second-order valence-electron chi connectivity index (χ2n) is 6.14. The summed E-state index contributed by atoms with van der Waals surface area (Å²) in [6.07, 6.45) is 5.09. The van der Waals surface area contributed by atoms with Crippen LogP contribution in [0.4, 0.5) is 11.8 Å². The van der Waals surface area contributed by atoms with E-state index in [4.69, 9.17) is 10.2 Å². The third-order valence-corrected chi connectivity index (χ3v) is 4.08. The zero-order chi connectivity index (χ0) is 18.8. The normalized spacial score (nSPS) is 10.7. The van der Waals surface area contributed by atoms with Gasteiger partial charge in [0.25, 0.3) is 0 Å². The summed E-state index contributed by atoms with van der Waals surface area (Å²) in [5.74, 6) is 1.59. The number of nitrogens with two attached hydrogens (primary N) is 1. The molecule has 0 saturated heterocycles. The van der Waals surface area contributed by atoms with E-state index in [1.54, 1.807) is 18.7 Å². The quantitative estimate of drug-likeness (QED) is 0.596. The van der Waals surface area contributed by atoms with E-state index in [1.807, 2.05) is 61.5 Å². The fourth-order valence-electron chi connectivity index (χ4n) is 2.85. The van der Waals surface area contributed by atoms with Crippen LogP contribution in [0.5, 0.6) is 0 Å². The van der Waals surface area contributed by atoms with Crippen molar-refractivity contribution in [1.29, 1.82) is 0 Å². The third kappa shape index (κ3) is 3.22. The van der Waals surface area contributed by atoms with Crippen molar-refractivity contribution >= 4 is 11.8 Å². The highest BCUT2D eigenvalue weighted by Gasteiger charge is 2.21. The molecule has 0 aliphatic carbocycles. The second kappa shape index (κ2) is 6.87. The summed E-state index contributed by atoms with van der Waals surface area (Å²) < 4.78 is 5.61.